The highest BCUT2D eigenvalue weighted by molar-refractivity contribution is 5.85. The summed E-state index contributed by atoms with van der Waals surface area (Å²) in [4.78, 5) is 42.3. The second-order valence-corrected chi connectivity index (χ2v) is 28.9. The van der Waals surface area contributed by atoms with E-state index in [-0.39, 0.29) is 73.0 Å². The summed E-state index contributed by atoms with van der Waals surface area (Å²) in [7, 11) is 8.35. The highest BCUT2D eigenvalue weighted by Gasteiger charge is 2.37. The number of nitrogens with zero attached hydrogens (tertiary/aromatic N) is 5. The lowest BCUT2D eigenvalue weighted by molar-refractivity contribution is -0.0140. The lowest BCUT2D eigenvalue weighted by Crippen LogP contribution is -2.48. The van der Waals surface area contributed by atoms with Gasteiger partial charge in [-0.1, -0.05) is 111 Å². The molecule has 104 heavy (non-hydrogen) atoms. The average Bonchev–Trinajstić information content (AvgIpc) is 0.824. The normalized spacial score (nSPS) is 20.2. The van der Waals surface area contributed by atoms with E-state index in [2.05, 4.69) is 72.1 Å². The minimum atomic E-state index is -0.521. The molecule has 0 unspecified atom stereocenters. The van der Waals surface area contributed by atoms with Crippen molar-refractivity contribution >= 4 is 42.8 Å². The van der Waals surface area contributed by atoms with Gasteiger partial charge in [-0.05, 0) is 224 Å². The van der Waals surface area contributed by atoms with Crippen LogP contribution in [0.3, 0.4) is 0 Å². The minimum Gasteiger partial charge on any atom is -0.497 e. The number of halogens is 1. The molecule has 0 aromatic heterocycles. The van der Waals surface area contributed by atoms with Crippen LogP contribution in [-0.4, -0.2) is 156 Å². The number of amides is 3. The molecule has 0 saturated carbocycles. The number of nitrogens with one attached hydrogen (secondary N) is 1. The van der Waals surface area contributed by atoms with E-state index in [1.165, 1.54) is 22.3 Å². The molecule has 6 aromatic rings. The summed E-state index contributed by atoms with van der Waals surface area (Å²) in [5, 5.41) is 31.4. The van der Waals surface area contributed by atoms with Crippen LogP contribution in [0.4, 0.5) is 14.4 Å². The van der Waals surface area contributed by atoms with Crippen molar-refractivity contribution in [2.24, 2.45) is 17.8 Å². The number of piperidine rings is 4. The maximum absolute atomic E-state index is 12.7. The Kier molecular flexibility index (Phi) is 34.6. The van der Waals surface area contributed by atoms with Crippen LogP contribution in [0.1, 0.15) is 170 Å². The summed E-state index contributed by atoms with van der Waals surface area (Å²) in [6.07, 6.45) is 11.4. The number of hydrogen-bond donors (Lipinski definition) is 2. The largest absolute Gasteiger partial charge is 0.497 e. The Morgan fingerprint density at radius 1 is 0.481 bits per heavy atom. The molecule has 4 aliphatic rings. The third-order valence-electron chi connectivity index (χ3n) is 18.3. The zero-order valence-electron chi connectivity index (χ0n) is 64.1. The summed E-state index contributed by atoms with van der Waals surface area (Å²) in [5.41, 5.74) is 6.85. The zero-order valence-corrected chi connectivity index (χ0v) is 64.9. The Balaban J connectivity index is 0.000000248. The molecule has 0 spiro atoms. The molecular formula is C85H113ClN6O12. The molecule has 4 saturated heterocycles. The molecule has 0 bridgehead atoms. The summed E-state index contributed by atoms with van der Waals surface area (Å²) >= 11 is 0. The minimum absolute atomic E-state index is 0. The van der Waals surface area contributed by atoms with E-state index in [0.29, 0.717) is 62.2 Å². The number of benzene rings is 6. The summed E-state index contributed by atoms with van der Waals surface area (Å²) in [6, 6.07) is 52.2. The predicted octanol–water partition coefficient (Wildman–Crippen LogP) is 17.5. The number of methoxy groups -OCH3 is 5. The number of hydrogen-bond acceptors (Lipinski definition) is 15. The van der Waals surface area contributed by atoms with Gasteiger partial charge < -0.3 is 63.0 Å². The number of carbonyl (C=O) groups excluding carboxylic acids is 3. The van der Waals surface area contributed by atoms with Gasteiger partial charge in [0.25, 0.3) is 0 Å². The highest BCUT2D eigenvalue weighted by atomic mass is 35.5. The van der Waals surface area contributed by atoms with Crippen molar-refractivity contribution in [1.82, 2.24) is 20.0 Å². The maximum Gasteiger partial charge on any atom is 0.410 e. The molecule has 0 aliphatic carbocycles. The van der Waals surface area contributed by atoms with E-state index in [1.807, 2.05) is 185 Å². The van der Waals surface area contributed by atoms with Gasteiger partial charge >= 0.3 is 18.3 Å². The standard InChI is InChI=1S/C26H30N2O3.C21H22N2O.2C18H27NO4.C2H6.ClH/c1-26(2,3)31-25(29)28-15-14-24(21-10-12-23(30-4)13-11-21)22(18-28)9-8-19-6-5-7-20(16-19)17-27;1-24-20-9-7-18(8-10-20)21-11-12-23-15-19(21)6-5-16-3-2-4-17(13-16)14-22;1-18(2,3)23-17(20)19-11-10-15(16(12-19)22-5)13-6-8-14(21-4)9-7-13;1-18(2,3)23-17(21)19-10-9-16(14(11-19)12-20)13-5-7-15(22-4)8-6-13;1-2;/h5-13,16,22,24H,14-15,18H2,1-4H3;2-10,13,19,21,23H,11-12,15H2,1H3;6-9,15-16H,10-12H2,1-5H3;5-8,14,16,20H,9-12H2,1-4H3;1-2H3;1H/b9-8+;6-5+;;;;/t22-,24+;19-,21+;15-,16+;14-,16-;;/m1100../s1. The summed E-state index contributed by atoms with van der Waals surface area (Å²) < 4.78 is 43.1. The van der Waals surface area contributed by atoms with E-state index in [4.69, 9.17) is 48.4 Å². The monoisotopic (exact) mass is 1440 g/mol. The molecule has 10 rings (SSSR count). The Morgan fingerprint density at radius 3 is 1.20 bits per heavy atom. The number of ether oxygens (including phenoxy) is 8. The molecule has 4 aliphatic heterocycles. The van der Waals surface area contributed by atoms with Crippen LogP contribution in [0.2, 0.25) is 0 Å². The number of likely N-dealkylation sites (tertiary alicyclic amines) is 3. The average molecular weight is 1450 g/mol. The van der Waals surface area contributed by atoms with Gasteiger partial charge in [0.1, 0.15) is 39.8 Å². The van der Waals surface area contributed by atoms with Gasteiger partial charge in [0.2, 0.25) is 0 Å². The molecule has 19 heteroatoms. The molecule has 6 aromatic carbocycles. The lowest BCUT2D eigenvalue weighted by atomic mass is 9.80. The first-order valence-corrected chi connectivity index (χ1v) is 36.0. The molecule has 4 fully saturated rings. The van der Waals surface area contributed by atoms with Crippen molar-refractivity contribution in [2.45, 2.75) is 148 Å². The number of aliphatic hydroxyl groups excluding tert-OH is 1. The first-order valence-electron chi connectivity index (χ1n) is 36.0. The number of rotatable bonds is 14. The van der Waals surface area contributed by atoms with Gasteiger partial charge in [-0.2, -0.15) is 10.5 Å². The summed E-state index contributed by atoms with van der Waals surface area (Å²) in [5.74, 6) is 5.27. The molecule has 8 atom stereocenters. The predicted molar refractivity (Wildman–Crippen MR) is 415 cm³/mol. The van der Waals surface area contributed by atoms with Crippen LogP contribution in [0.25, 0.3) is 12.2 Å². The van der Waals surface area contributed by atoms with Crippen molar-refractivity contribution in [2.75, 3.05) is 94.5 Å². The van der Waals surface area contributed by atoms with Crippen LogP contribution in [0.5, 0.6) is 23.0 Å². The van der Waals surface area contributed by atoms with E-state index >= 15 is 0 Å². The Hall–Kier alpha value is -9.04. The Bertz CT molecular complexity index is 3620. The van der Waals surface area contributed by atoms with Gasteiger partial charge in [0.05, 0.1) is 64.4 Å². The topological polar surface area (TPSA) is 215 Å². The second-order valence-electron chi connectivity index (χ2n) is 28.9. The molecule has 4 heterocycles. The van der Waals surface area contributed by atoms with Crippen LogP contribution in [0.15, 0.2) is 158 Å². The van der Waals surface area contributed by atoms with Gasteiger partial charge in [-0.25, -0.2) is 14.4 Å². The fraction of sp³-hybridized carbons (Fsp3) is 0.471. The fourth-order valence-corrected chi connectivity index (χ4v) is 13.1. The third kappa shape index (κ3) is 27.2. The number of carbonyl (C=O) groups is 3. The van der Waals surface area contributed by atoms with Gasteiger partial charge in [-0.15, -0.1) is 12.4 Å². The molecule has 3 amide bonds. The van der Waals surface area contributed by atoms with Crippen molar-refractivity contribution in [3.63, 3.8) is 0 Å². The van der Waals surface area contributed by atoms with Crippen LogP contribution >= 0.6 is 12.4 Å². The lowest BCUT2D eigenvalue weighted by Gasteiger charge is -2.38. The van der Waals surface area contributed by atoms with Crippen molar-refractivity contribution in [1.29, 1.82) is 10.5 Å². The van der Waals surface area contributed by atoms with E-state index in [1.54, 1.807) is 56.3 Å². The van der Waals surface area contributed by atoms with Gasteiger partial charge in [0, 0.05) is 70.7 Å². The van der Waals surface area contributed by atoms with E-state index < -0.39 is 16.8 Å². The number of aliphatic hydroxyl groups is 1. The van der Waals surface area contributed by atoms with Crippen molar-refractivity contribution < 1.29 is 57.4 Å². The number of nitriles is 2. The fourth-order valence-electron chi connectivity index (χ4n) is 13.1. The van der Waals surface area contributed by atoms with Gasteiger partial charge in [0.15, 0.2) is 0 Å². The van der Waals surface area contributed by atoms with Crippen molar-refractivity contribution in [3.8, 4) is 35.1 Å². The summed E-state index contributed by atoms with van der Waals surface area (Å²) in [6.45, 7) is 26.5. The molecule has 18 nitrogen and oxygen atoms in total. The smallest absolute Gasteiger partial charge is 0.410 e. The van der Waals surface area contributed by atoms with E-state index in [0.717, 1.165) is 72.9 Å². The Labute approximate surface area is 625 Å². The SMILES string of the molecule is CC.COc1ccc([C@@H]2CCN(C(=O)OC(C)(C)C)C[C@H]2/C=C/c2cccc(C#N)c2)cc1.COc1ccc([C@@H]2CCN(C(=O)OC(C)(C)C)C[C@H]2CO)cc1.COc1ccc([C@@H]2CCN(C(=O)OC(C)(C)C)C[C@H]2OC)cc1.COc1ccc([C@@H]2CCNC[C@H]2/C=C/c2cccc(C#N)c2)cc1.Cl. The van der Waals surface area contributed by atoms with E-state index in [9.17, 15) is 19.5 Å². The molecule has 0 radical (unpaired) electrons. The maximum atomic E-state index is 12.7. The van der Waals surface area contributed by atoms with Crippen molar-refractivity contribution in [3.05, 3.63) is 202 Å². The zero-order chi connectivity index (χ0) is 75.3. The van der Waals surface area contributed by atoms with Crippen LogP contribution in [-0.2, 0) is 18.9 Å². The molecule has 562 valence electrons. The van der Waals surface area contributed by atoms with Crippen LogP contribution < -0.4 is 24.3 Å². The first-order chi connectivity index (χ1) is 49.3. The Morgan fingerprint density at radius 2 is 0.827 bits per heavy atom. The second kappa shape index (κ2) is 42.0. The third-order valence-corrected chi connectivity index (χ3v) is 18.3. The van der Waals surface area contributed by atoms with Gasteiger partial charge in [-0.3, -0.25) is 0 Å². The molecular weight excluding hydrogens is 1330 g/mol. The highest BCUT2D eigenvalue weighted by Crippen LogP contribution is 2.39. The first kappa shape index (κ1) is 85.6. The molecule has 2 N–H and O–H groups in total. The quantitative estimate of drug-likeness (QED) is 0.0970. The van der Waals surface area contributed by atoms with Crippen LogP contribution in [0, 0.1) is 40.4 Å².